The first-order valence-electron chi connectivity index (χ1n) is 4.29. The normalized spacial score (nSPS) is 13.9. The third-order valence-electron chi connectivity index (χ3n) is 2.30. The summed E-state index contributed by atoms with van der Waals surface area (Å²) >= 11 is 5.14. The highest BCUT2D eigenvalue weighted by Gasteiger charge is 2.27. The summed E-state index contributed by atoms with van der Waals surface area (Å²) in [7, 11) is 0. The van der Waals surface area contributed by atoms with Gasteiger partial charge in [-0.2, -0.15) is 0 Å². The maximum absolute atomic E-state index is 11.4. The Bertz CT molecular complexity index is 403. The van der Waals surface area contributed by atoms with Crippen molar-refractivity contribution in [3.05, 3.63) is 29.8 Å². The van der Waals surface area contributed by atoms with E-state index in [4.69, 9.17) is 11.6 Å². The van der Waals surface area contributed by atoms with Gasteiger partial charge < -0.3 is 4.90 Å². The van der Waals surface area contributed by atoms with Gasteiger partial charge in [0.1, 0.15) is 0 Å². The largest absolute Gasteiger partial charge is 0.310 e. The van der Waals surface area contributed by atoms with Crippen LogP contribution in [0.1, 0.15) is 5.56 Å². The van der Waals surface area contributed by atoms with Gasteiger partial charge in [-0.15, -0.1) is 0 Å². The first-order valence-corrected chi connectivity index (χ1v) is 4.67. The number of benzene rings is 1. The number of anilines is 1. The lowest BCUT2D eigenvalue weighted by Crippen LogP contribution is -2.32. The molecule has 0 aromatic heterocycles. The van der Waals surface area contributed by atoms with Crippen molar-refractivity contribution in [1.29, 1.82) is 0 Å². The molecular weight excluding hydrogens is 202 g/mol. The molecule has 0 radical (unpaired) electrons. The molecule has 0 bridgehead atoms. The van der Waals surface area contributed by atoms with Crippen molar-refractivity contribution in [1.82, 2.24) is 0 Å². The minimum atomic E-state index is -0.929. The third kappa shape index (κ3) is 1.40. The van der Waals surface area contributed by atoms with Crippen molar-refractivity contribution in [2.75, 3.05) is 11.4 Å². The molecule has 72 valence electrons. The van der Waals surface area contributed by atoms with Gasteiger partial charge in [0.25, 0.3) is 0 Å². The summed E-state index contributed by atoms with van der Waals surface area (Å²) in [6, 6.07) is 7.51. The molecular formula is C10H8ClNO2. The van der Waals surface area contributed by atoms with Crippen molar-refractivity contribution >= 4 is 28.4 Å². The minimum Gasteiger partial charge on any atom is -0.304 e. The highest BCUT2D eigenvalue weighted by Crippen LogP contribution is 2.27. The van der Waals surface area contributed by atoms with Crippen LogP contribution < -0.4 is 4.90 Å². The zero-order chi connectivity index (χ0) is 10.1. The quantitative estimate of drug-likeness (QED) is 0.517. The van der Waals surface area contributed by atoms with Crippen LogP contribution in [0.2, 0.25) is 0 Å². The first-order chi connectivity index (χ1) is 6.70. The number of nitrogens with zero attached hydrogens (tertiary/aromatic N) is 1. The second kappa shape index (κ2) is 3.42. The van der Waals surface area contributed by atoms with Gasteiger partial charge in [-0.25, -0.2) is 0 Å². The Labute approximate surface area is 86.3 Å². The van der Waals surface area contributed by atoms with Crippen molar-refractivity contribution < 1.29 is 9.59 Å². The lowest BCUT2D eigenvalue weighted by atomic mass is 10.2. The van der Waals surface area contributed by atoms with E-state index in [-0.39, 0.29) is 0 Å². The van der Waals surface area contributed by atoms with Crippen molar-refractivity contribution in [3.8, 4) is 0 Å². The number of carbonyl (C=O) groups excluding carboxylic acids is 2. The van der Waals surface area contributed by atoms with E-state index < -0.39 is 11.1 Å². The van der Waals surface area contributed by atoms with Crippen LogP contribution in [0.5, 0.6) is 0 Å². The fourth-order valence-electron chi connectivity index (χ4n) is 1.66. The van der Waals surface area contributed by atoms with Crippen LogP contribution in [-0.4, -0.2) is 17.7 Å². The number of carbonyl (C=O) groups is 2. The minimum absolute atomic E-state index is 0.538. The number of hydrogen-bond donors (Lipinski definition) is 0. The van der Waals surface area contributed by atoms with Crippen molar-refractivity contribution in [3.63, 3.8) is 0 Å². The fourth-order valence-corrected chi connectivity index (χ4v) is 1.76. The van der Waals surface area contributed by atoms with Crippen LogP contribution in [0, 0.1) is 0 Å². The molecule has 0 atom stereocenters. The fraction of sp³-hybridized carbons (Fsp3) is 0.200. The molecule has 0 saturated carbocycles. The number of amides is 1. The van der Waals surface area contributed by atoms with E-state index in [1.807, 2.05) is 24.3 Å². The summed E-state index contributed by atoms with van der Waals surface area (Å²) in [5, 5.41) is -0.929. The van der Waals surface area contributed by atoms with E-state index in [1.54, 1.807) is 0 Å². The highest BCUT2D eigenvalue weighted by molar-refractivity contribution is 6.82. The molecule has 0 N–H and O–H groups in total. The van der Waals surface area contributed by atoms with E-state index in [9.17, 15) is 9.59 Å². The van der Waals surface area contributed by atoms with Gasteiger partial charge in [-0.05, 0) is 29.7 Å². The average Bonchev–Trinajstić information content (AvgIpc) is 2.60. The van der Waals surface area contributed by atoms with Crippen LogP contribution in [-0.2, 0) is 16.0 Å². The molecule has 14 heavy (non-hydrogen) atoms. The molecule has 0 spiro atoms. The summed E-state index contributed by atoms with van der Waals surface area (Å²) in [4.78, 5) is 23.5. The predicted molar refractivity (Wildman–Crippen MR) is 53.4 cm³/mol. The van der Waals surface area contributed by atoms with Crippen molar-refractivity contribution in [2.24, 2.45) is 0 Å². The zero-order valence-corrected chi connectivity index (χ0v) is 8.12. The average molecular weight is 210 g/mol. The van der Waals surface area contributed by atoms with Gasteiger partial charge in [-0.3, -0.25) is 9.59 Å². The molecule has 0 saturated heterocycles. The summed E-state index contributed by atoms with van der Waals surface area (Å²) in [6.45, 7) is 0.538. The molecule has 0 aliphatic carbocycles. The first kappa shape index (κ1) is 9.21. The van der Waals surface area contributed by atoms with Gasteiger partial charge in [-0.1, -0.05) is 18.2 Å². The van der Waals surface area contributed by atoms with Gasteiger partial charge in [0, 0.05) is 12.2 Å². The van der Waals surface area contributed by atoms with Crippen LogP contribution in [0.15, 0.2) is 24.3 Å². The number of fused-ring (bicyclic) bond motifs is 1. The number of halogens is 1. The van der Waals surface area contributed by atoms with Crippen LogP contribution in [0.4, 0.5) is 5.69 Å². The predicted octanol–water partition coefficient (Wildman–Crippen LogP) is 1.34. The Morgan fingerprint density at radius 1 is 1.29 bits per heavy atom. The topological polar surface area (TPSA) is 37.4 Å². The molecule has 1 aliphatic heterocycles. The Morgan fingerprint density at radius 2 is 2.00 bits per heavy atom. The molecule has 4 heteroatoms. The molecule has 1 aliphatic rings. The van der Waals surface area contributed by atoms with Gasteiger partial charge >= 0.3 is 11.1 Å². The van der Waals surface area contributed by atoms with Gasteiger partial charge in [0.05, 0.1) is 0 Å². The molecule has 1 aromatic rings. The van der Waals surface area contributed by atoms with E-state index >= 15 is 0 Å². The number of hydrogen-bond acceptors (Lipinski definition) is 2. The smallest absolute Gasteiger partial charge is 0.304 e. The summed E-state index contributed by atoms with van der Waals surface area (Å²) in [5.41, 5.74) is 1.88. The van der Waals surface area contributed by atoms with Crippen molar-refractivity contribution in [2.45, 2.75) is 6.42 Å². The van der Waals surface area contributed by atoms with E-state index in [0.717, 1.165) is 17.7 Å². The standard InChI is InChI=1S/C10H8ClNO2/c11-9(13)10(14)12-6-5-7-3-1-2-4-8(7)12/h1-4H,5-6H2. The molecule has 0 unspecified atom stereocenters. The van der Waals surface area contributed by atoms with Crippen LogP contribution in [0.3, 0.4) is 0 Å². The number of rotatable bonds is 1. The maximum Gasteiger partial charge on any atom is 0.310 e. The van der Waals surface area contributed by atoms with E-state index in [2.05, 4.69) is 0 Å². The third-order valence-corrected chi connectivity index (χ3v) is 2.46. The lowest BCUT2D eigenvalue weighted by molar-refractivity contribution is -0.131. The second-order valence-electron chi connectivity index (χ2n) is 3.11. The Hall–Kier alpha value is -1.35. The SMILES string of the molecule is O=C(Cl)C(=O)N1CCc2ccccc21. The molecule has 2 rings (SSSR count). The monoisotopic (exact) mass is 209 g/mol. The molecule has 1 amide bonds. The van der Waals surface area contributed by atoms with E-state index in [0.29, 0.717) is 6.54 Å². The highest BCUT2D eigenvalue weighted by atomic mass is 35.5. The number of para-hydroxylation sites is 1. The maximum atomic E-state index is 11.4. The zero-order valence-electron chi connectivity index (χ0n) is 7.37. The second-order valence-corrected chi connectivity index (χ2v) is 3.45. The molecule has 3 nitrogen and oxygen atoms in total. The van der Waals surface area contributed by atoms with Gasteiger partial charge in [0.2, 0.25) is 0 Å². The summed E-state index contributed by atoms with van der Waals surface area (Å²) in [5.74, 6) is -0.642. The van der Waals surface area contributed by atoms with Crippen LogP contribution >= 0.6 is 11.6 Å². The molecule has 1 aromatic carbocycles. The molecule has 1 heterocycles. The Kier molecular flexibility index (Phi) is 2.25. The summed E-state index contributed by atoms with van der Waals surface area (Å²) in [6.07, 6.45) is 0.784. The summed E-state index contributed by atoms with van der Waals surface area (Å²) < 4.78 is 0. The molecule has 0 fully saturated rings. The Morgan fingerprint density at radius 3 is 2.71 bits per heavy atom. The lowest BCUT2D eigenvalue weighted by Gasteiger charge is -2.13. The van der Waals surface area contributed by atoms with E-state index in [1.165, 1.54) is 4.90 Å². The van der Waals surface area contributed by atoms with Gasteiger partial charge in [0.15, 0.2) is 0 Å². The van der Waals surface area contributed by atoms with Crippen LogP contribution in [0.25, 0.3) is 0 Å². The Balaban J connectivity index is 2.35.